The molecule has 0 amide bonds. The Balaban J connectivity index is 2.35. The first-order valence-corrected chi connectivity index (χ1v) is 6.08. The molecule has 3 N–H and O–H groups in total. The van der Waals surface area contributed by atoms with Gasteiger partial charge in [-0.3, -0.25) is 15.1 Å². The highest BCUT2D eigenvalue weighted by atomic mass is 16.4. The molecule has 5 heteroatoms. The quantitative estimate of drug-likeness (QED) is 0.710. The Labute approximate surface area is 116 Å². The molecule has 0 saturated heterocycles. The minimum Gasteiger partial charge on any atom is -0.506 e. The molecule has 1 heterocycles. The number of carboxylic acid groups (broad SMARTS) is 1. The van der Waals surface area contributed by atoms with E-state index in [4.69, 9.17) is 6.42 Å². The van der Waals surface area contributed by atoms with Crippen LogP contribution in [-0.4, -0.2) is 33.8 Å². The monoisotopic (exact) mass is 270 g/mol. The van der Waals surface area contributed by atoms with Crippen LogP contribution in [0.15, 0.2) is 30.5 Å². The maximum Gasteiger partial charge on any atom is 0.321 e. The predicted octanol–water partition coefficient (Wildman–Crippen LogP) is 1.16. The number of pyridine rings is 1. The summed E-state index contributed by atoms with van der Waals surface area (Å²) < 4.78 is 0. The van der Waals surface area contributed by atoms with Crippen molar-refractivity contribution in [2.24, 2.45) is 0 Å². The van der Waals surface area contributed by atoms with Gasteiger partial charge in [0.15, 0.2) is 0 Å². The number of carbonyl (C=O) groups is 1. The molecule has 0 spiro atoms. The number of nitrogens with zero attached hydrogens (tertiary/aromatic N) is 1. The van der Waals surface area contributed by atoms with Gasteiger partial charge in [0.25, 0.3) is 0 Å². The standard InChI is InChI=1S/C15H14N2O3/c1-2-7-16-12(15(19)20)9-10-5-6-13(18)14-11(10)4-3-8-17-14/h1,3-6,8,12,16,18H,7,9H2,(H,19,20)/t12-/m1/s1. The van der Waals surface area contributed by atoms with E-state index in [2.05, 4.69) is 16.2 Å². The van der Waals surface area contributed by atoms with Crippen molar-refractivity contribution in [1.29, 1.82) is 0 Å². The summed E-state index contributed by atoms with van der Waals surface area (Å²) in [6, 6.07) is 5.99. The van der Waals surface area contributed by atoms with Crippen LogP contribution in [0.2, 0.25) is 0 Å². The SMILES string of the molecule is C#CCN[C@H](Cc1ccc(O)c2ncccc12)C(=O)O. The summed E-state index contributed by atoms with van der Waals surface area (Å²) in [6.07, 6.45) is 6.98. The van der Waals surface area contributed by atoms with Gasteiger partial charge in [0, 0.05) is 11.6 Å². The van der Waals surface area contributed by atoms with Crippen molar-refractivity contribution in [1.82, 2.24) is 10.3 Å². The van der Waals surface area contributed by atoms with E-state index >= 15 is 0 Å². The maximum atomic E-state index is 11.2. The third kappa shape index (κ3) is 2.87. The molecule has 0 unspecified atom stereocenters. The summed E-state index contributed by atoms with van der Waals surface area (Å²) in [5.41, 5.74) is 1.26. The molecule has 0 aliphatic heterocycles. The van der Waals surface area contributed by atoms with Crippen molar-refractivity contribution >= 4 is 16.9 Å². The number of phenols is 1. The lowest BCUT2D eigenvalue weighted by Crippen LogP contribution is -2.38. The molecule has 1 aromatic carbocycles. The number of hydrogen-bond acceptors (Lipinski definition) is 4. The van der Waals surface area contributed by atoms with E-state index in [1.165, 1.54) is 6.07 Å². The van der Waals surface area contributed by atoms with Gasteiger partial charge in [-0.1, -0.05) is 18.1 Å². The second-order valence-corrected chi connectivity index (χ2v) is 4.32. The number of aromatic nitrogens is 1. The zero-order chi connectivity index (χ0) is 14.5. The average Bonchev–Trinajstić information content (AvgIpc) is 2.45. The summed E-state index contributed by atoms with van der Waals surface area (Å²) in [5, 5.41) is 22.5. The van der Waals surface area contributed by atoms with E-state index in [0.29, 0.717) is 5.52 Å². The van der Waals surface area contributed by atoms with E-state index in [1.54, 1.807) is 24.4 Å². The Morgan fingerprint density at radius 1 is 1.45 bits per heavy atom. The van der Waals surface area contributed by atoms with Crippen LogP contribution in [0, 0.1) is 12.3 Å². The number of aromatic hydroxyl groups is 1. The third-order valence-electron chi connectivity index (χ3n) is 3.01. The molecule has 2 rings (SSSR count). The first-order chi connectivity index (χ1) is 9.63. The van der Waals surface area contributed by atoms with Gasteiger partial charge in [-0.05, 0) is 24.1 Å². The molecule has 0 bridgehead atoms. The molecule has 1 atom stereocenters. The lowest BCUT2D eigenvalue weighted by atomic mass is 10.0. The van der Waals surface area contributed by atoms with Gasteiger partial charge in [-0.15, -0.1) is 6.42 Å². The Kier molecular flexibility index (Phi) is 4.18. The van der Waals surface area contributed by atoms with Gasteiger partial charge in [-0.25, -0.2) is 0 Å². The van der Waals surface area contributed by atoms with E-state index in [-0.39, 0.29) is 18.7 Å². The smallest absolute Gasteiger partial charge is 0.321 e. The van der Waals surface area contributed by atoms with Crippen LogP contribution in [0.3, 0.4) is 0 Å². The van der Waals surface area contributed by atoms with Crippen molar-refractivity contribution in [3.63, 3.8) is 0 Å². The molecule has 0 radical (unpaired) electrons. The van der Waals surface area contributed by atoms with Gasteiger partial charge in [0.1, 0.15) is 17.3 Å². The molecule has 2 aromatic rings. The number of carboxylic acids is 1. The van der Waals surface area contributed by atoms with Gasteiger partial charge >= 0.3 is 5.97 Å². The average molecular weight is 270 g/mol. The predicted molar refractivity (Wildman–Crippen MR) is 75.4 cm³/mol. The molecule has 5 nitrogen and oxygen atoms in total. The fourth-order valence-corrected chi connectivity index (χ4v) is 2.04. The first kappa shape index (κ1) is 13.8. The van der Waals surface area contributed by atoms with Gasteiger partial charge in [0.05, 0.1) is 6.54 Å². The van der Waals surface area contributed by atoms with E-state index in [9.17, 15) is 15.0 Å². The molecular formula is C15H14N2O3. The van der Waals surface area contributed by atoms with Gasteiger partial charge in [0.2, 0.25) is 0 Å². The second kappa shape index (κ2) is 6.04. The largest absolute Gasteiger partial charge is 0.506 e. The van der Waals surface area contributed by atoms with Crippen LogP contribution in [0.5, 0.6) is 5.75 Å². The number of benzene rings is 1. The minimum atomic E-state index is -0.967. The highest BCUT2D eigenvalue weighted by Gasteiger charge is 2.18. The van der Waals surface area contributed by atoms with E-state index < -0.39 is 12.0 Å². The Hall–Kier alpha value is -2.58. The molecule has 0 fully saturated rings. The van der Waals surface area contributed by atoms with Gasteiger partial charge < -0.3 is 10.2 Å². The summed E-state index contributed by atoms with van der Waals surface area (Å²) in [4.78, 5) is 15.3. The maximum absolute atomic E-state index is 11.2. The molecular weight excluding hydrogens is 256 g/mol. The molecule has 1 aromatic heterocycles. The van der Waals surface area contributed by atoms with Crippen molar-refractivity contribution in [2.45, 2.75) is 12.5 Å². The molecule has 102 valence electrons. The summed E-state index contributed by atoms with van der Waals surface area (Å²) in [7, 11) is 0. The van der Waals surface area contributed by atoms with Crippen molar-refractivity contribution in [2.75, 3.05) is 6.54 Å². The van der Waals surface area contributed by atoms with Crippen molar-refractivity contribution < 1.29 is 15.0 Å². The molecule has 20 heavy (non-hydrogen) atoms. The number of fused-ring (bicyclic) bond motifs is 1. The minimum absolute atomic E-state index is 0.0767. The molecule has 0 saturated carbocycles. The number of terminal acetylenes is 1. The highest BCUT2D eigenvalue weighted by Crippen LogP contribution is 2.26. The Morgan fingerprint density at radius 2 is 2.25 bits per heavy atom. The number of hydrogen-bond donors (Lipinski definition) is 3. The van der Waals surface area contributed by atoms with Crippen LogP contribution in [0.1, 0.15) is 5.56 Å². The van der Waals surface area contributed by atoms with Crippen LogP contribution < -0.4 is 5.32 Å². The summed E-state index contributed by atoms with van der Waals surface area (Å²) >= 11 is 0. The number of nitrogens with one attached hydrogen (secondary N) is 1. The second-order valence-electron chi connectivity index (χ2n) is 4.32. The Bertz CT molecular complexity index is 676. The fraction of sp³-hybridized carbons (Fsp3) is 0.200. The van der Waals surface area contributed by atoms with Crippen LogP contribution in [0.4, 0.5) is 0 Å². The number of aliphatic carboxylic acids is 1. The van der Waals surface area contributed by atoms with Crippen molar-refractivity contribution in [3.8, 4) is 18.1 Å². The third-order valence-corrected chi connectivity index (χ3v) is 3.01. The fourth-order valence-electron chi connectivity index (χ4n) is 2.04. The van der Waals surface area contributed by atoms with E-state index in [0.717, 1.165) is 10.9 Å². The number of phenolic OH excluding ortho intramolecular Hbond substituents is 1. The van der Waals surface area contributed by atoms with Crippen molar-refractivity contribution in [3.05, 3.63) is 36.0 Å². The summed E-state index contributed by atoms with van der Waals surface area (Å²) in [6.45, 7) is 0.186. The van der Waals surface area contributed by atoms with Gasteiger partial charge in [-0.2, -0.15) is 0 Å². The van der Waals surface area contributed by atoms with Crippen LogP contribution in [0.25, 0.3) is 10.9 Å². The normalized spacial score (nSPS) is 11.9. The summed E-state index contributed by atoms with van der Waals surface area (Å²) in [5.74, 6) is 1.47. The molecule has 0 aliphatic carbocycles. The van der Waals surface area contributed by atoms with Crippen LogP contribution in [-0.2, 0) is 11.2 Å². The topological polar surface area (TPSA) is 82.5 Å². The molecule has 0 aliphatic rings. The highest BCUT2D eigenvalue weighted by molar-refractivity contribution is 5.87. The lowest BCUT2D eigenvalue weighted by Gasteiger charge is -2.14. The zero-order valence-corrected chi connectivity index (χ0v) is 10.7. The zero-order valence-electron chi connectivity index (χ0n) is 10.7. The Morgan fingerprint density at radius 3 is 2.95 bits per heavy atom. The van der Waals surface area contributed by atoms with Crippen LogP contribution >= 0.6 is 0 Å². The first-order valence-electron chi connectivity index (χ1n) is 6.08. The van der Waals surface area contributed by atoms with E-state index in [1.807, 2.05) is 0 Å². The lowest BCUT2D eigenvalue weighted by molar-refractivity contribution is -0.139. The number of rotatable bonds is 5.